The van der Waals surface area contributed by atoms with Crippen LogP contribution in [0.1, 0.15) is 87.6 Å². The van der Waals surface area contributed by atoms with Gasteiger partial charge in [0.05, 0.1) is 0 Å². The predicted octanol–water partition coefficient (Wildman–Crippen LogP) is 9.30. The molecule has 4 heteroatoms. The summed E-state index contributed by atoms with van der Waals surface area (Å²) in [6.07, 6.45) is 4.94. The molecule has 0 N–H and O–H groups in total. The fourth-order valence-electron chi connectivity index (χ4n) is 7.89. The highest BCUT2D eigenvalue weighted by Crippen LogP contribution is 2.75. The third kappa shape index (κ3) is 3.31. The first kappa shape index (κ1) is 25.3. The third-order valence-electron chi connectivity index (χ3n) is 10.0. The molecule has 0 spiro atoms. The van der Waals surface area contributed by atoms with Gasteiger partial charge in [-0.3, -0.25) is 0 Å². The summed E-state index contributed by atoms with van der Waals surface area (Å²) in [7, 11) is 0. The van der Waals surface area contributed by atoms with Gasteiger partial charge in [-0.25, -0.2) is 9.97 Å². The molecule has 4 aromatic rings. The van der Waals surface area contributed by atoms with Gasteiger partial charge < -0.3 is 9.80 Å². The van der Waals surface area contributed by atoms with Crippen LogP contribution in [0.5, 0.6) is 0 Å². The molecular formula is C36H40N4. The third-order valence-corrected chi connectivity index (χ3v) is 10.0. The van der Waals surface area contributed by atoms with E-state index in [1.165, 1.54) is 50.3 Å². The maximum Gasteiger partial charge on any atom is 0.178 e. The molecule has 1 aliphatic carbocycles. The number of fused-ring (bicyclic) bond motifs is 8. The van der Waals surface area contributed by atoms with Gasteiger partial charge in [0.1, 0.15) is 6.17 Å². The van der Waals surface area contributed by atoms with Crippen molar-refractivity contribution in [3.8, 4) is 11.1 Å². The molecule has 7 rings (SSSR count). The Kier molecular flexibility index (Phi) is 5.33. The van der Waals surface area contributed by atoms with Crippen LogP contribution >= 0.6 is 0 Å². The predicted molar refractivity (Wildman–Crippen MR) is 166 cm³/mol. The molecule has 0 saturated heterocycles. The Morgan fingerprint density at radius 3 is 1.98 bits per heavy atom. The van der Waals surface area contributed by atoms with E-state index < -0.39 is 0 Å². The average molecular weight is 529 g/mol. The molecule has 3 atom stereocenters. The molecule has 0 bridgehead atoms. The molecule has 1 aromatic heterocycles. The minimum atomic E-state index is 0.0699. The zero-order valence-electron chi connectivity index (χ0n) is 25.1. The molecule has 204 valence electrons. The van der Waals surface area contributed by atoms with Crippen molar-refractivity contribution in [1.82, 2.24) is 9.97 Å². The Balaban J connectivity index is 1.48. The lowest BCUT2D eigenvalue weighted by Crippen LogP contribution is -2.50. The van der Waals surface area contributed by atoms with Crippen molar-refractivity contribution in [3.05, 3.63) is 94.8 Å². The highest BCUT2D eigenvalue weighted by Gasteiger charge is 2.73. The standard InChI is InChI=1S/C36H40N4/c1-21(2)27-10-9-11-28(22(3)4)31(27)25-12-13-29-30(19-25)40-33-32(37-14-15-38-33)39(26-17-23(5)16-24(6)18-26)34(40)36(8)20-35(29,36)7/h9-19,21-22,34H,20H2,1-8H3. The number of benzene rings is 3. The number of rotatable bonds is 4. The average Bonchev–Trinajstić information content (AvgIpc) is 3.33. The lowest BCUT2D eigenvalue weighted by molar-refractivity contribution is 0.371. The van der Waals surface area contributed by atoms with Crippen LogP contribution in [0.3, 0.4) is 0 Å². The normalized spacial score (nSPS) is 24.2. The Bertz CT molecular complexity index is 1620. The quantitative estimate of drug-likeness (QED) is 0.264. The minimum absolute atomic E-state index is 0.0699. The molecule has 1 saturated carbocycles. The van der Waals surface area contributed by atoms with Crippen molar-refractivity contribution in [2.45, 2.75) is 85.2 Å². The van der Waals surface area contributed by atoms with E-state index in [4.69, 9.17) is 9.97 Å². The first-order valence-corrected chi connectivity index (χ1v) is 14.8. The van der Waals surface area contributed by atoms with Crippen molar-refractivity contribution in [2.75, 3.05) is 9.80 Å². The summed E-state index contributed by atoms with van der Waals surface area (Å²) < 4.78 is 0. The van der Waals surface area contributed by atoms with E-state index >= 15 is 0 Å². The topological polar surface area (TPSA) is 32.3 Å². The second-order valence-corrected chi connectivity index (χ2v) is 13.4. The van der Waals surface area contributed by atoms with Crippen molar-refractivity contribution in [3.63, 3.8) is 0 Å². The molecule has 0 amide bonds. The van der Waals surface area contributed by atoms with E-state index in [1.54, 1.807) is 0 Å². The molecule has 4 nitrogen and oxygen atoms in total. The van der Waals surface area contributed by atoms with Crippen LogP contribution in [-0.4, -0.2) is 16.1 Å². The Labute approximate surface area is 239 Å². The fraction of sp³-hybridized carbons (Fsp3) is 0.389. The summed E-state index contributed by atoms with van der Waals surface area (Å²) in [6, 6.07) is 21.0. The van der Waals surface area contributed by atoms with Crippen LogP contribution < -0.4 is 9.80 Å². The highest BCUT2D eigenvalue weighted by atomic mass is 15.5. The van der Waals surface area contributed by atoms with Crippen LogP contribution in [0.2, 0.25) is 0 Å². The van der Waals surface area contributed by atoms with Gasteiger partial charge in [-0.15, -0.1) is 0 Å². The maximum atomic E-state index is 4.99. The van der Waals surface area contributed by atoms with Crippen molar-refractivity contribution in [1.29, 1.82) is 0 Å². The molecule has 0 radical (unpaired) electrons. The molecule has 40 heavy (non-hydrogen) atoms. The van der Waals surface area contributed by atoms with Crippen molar-refractivity contribution >= 4 is 23.0 Å². The summed E-state index contributed by atoms with van der Waals surface area (Å²) in [5.41, 5.74) is 12.1. The van der Waals surface area contributed by atoms with Crippen LogP contribution in [0.4, 0.5) is 23.0 Å². The molecule has 1 fully saturated rings. The fourth-order valence-corrected chi connectivity index (χ4v) is 7.89. The number of aryl methyl sites for hydroxylation is 2. The van der Waals surface area contributed by atoms with Gasteiger partial charge in [0.25, 0.3) is 0 Å². The second-order valence-electron chi connectivity index (χ2n) is 13.4. The van der Waals surface area contributed by atoms with Crippen LogP contribution in [0, 0.1) is 19.3 Å². The minimum Gasteiger partial charge on any atom is -0.301 e. The smallest absolute Gasteiger partial charge is 0.178 e. The number of aromatic nitrogens is 2. The van der Waals surface area contributed by atoms with Crippen LogP contribution in [0.25, 0.3) is 11.1 Å². The first-order chi connectivity index (χ1) is 19.0. The summed E-state index contributed by atoms with van der Waals surface area (Å²) in [6.45, 7) is 18.5. The zero-order valence-corrected chi connectivity index (χ0v) is 25.1. The van der Waals surface area contributed by atoms with E-state index in [0.29, 0.717) is 11.8 Å². The van der Waals surface area contributed by atoms with Gasteiger partial charge >= 0.3 is 0 Å². The maximum absolute atomic E-state index is 4.99. The molecule has 3 heterocycles. The Hall–Kier alpha value is -3.66. The van der Waals surface area contributed by atoms with Gasteiger partial charge in [0.15, 0.2) is 11.6 Å². The lowest BCUT2D eigenvalue weighted by atomic mass is 9.79. The van der Waals surface area contributed by atoms with Crippen LogP contribution in [-0.2, 0) is 5.41 Å². The van der Waals surface area contributed by atoms with E-state index in [2.05, 4.69) is 120 Å². The van der Waals surface area contributed by atoms with Crippen molar-refractivity contribution in [2.24, 2.45) is 5.41 Å². The van der Waals surface area contributed by atoms with E-state index in [-0.39, 0.29) is 17.0 Å². The largest absolute Gasteiger partial charge is 0.301 e. The van der Waals surface area contributed by atoms with Gasteiger partial charge in [-0.2, -0.15) is 0 Å². The number of nitrogens with zero attached hydrogens (tertiary/aromatic N) is 4. The summed E-state index contributed by atoms with van der Waals surface area (Å²) >= 11 is 0. The van der Waals surface area contributed by atoms with Gasteiger partial charge in [-0.05, 0) is 89.2 Å². The molecule has 3 aromatic carbocycles. The molecule has 3 unspecified atom stereocenters. The molecule has 3 aliphatic rings. The highest BCUT2D eigenvalue weighted by molar-refractivity contribution is 5.90. The van der Waals surface area contributed by atoms with Gasteiger partial charge in [-0.1, -0.05) is 77.9 Å². The van der Waals surface area contributed by atoms with Gasteiger partial charge in [0, 0.05) is 34.6 Å². The number of hydrogen-bond donors (Lipinski definition) is 0. The van der Waals surface area contributed by atoms with Gasteiger partial charge in [0.2, 0.25) is 0 Å². The molecular weight excluding hydrogens is 488 g/mol. The molecule has 2 aliphatic heterocycles. The Morgan fingerprint density at radius 2 is 1.38 bits per heavy atom. The second kappa shape index (κ2) is 8.42. The summed E-state index contributed by atoms with van der Waals surface area (Å²) in [5, 5.41) is 0. The van der Waals surface area contributed by atoms with Crippen LogP contribution in [0.15, 0.2) is 67.0 Å². The Morgan fingerprint density at radius 1 is 0.775 bits per heavy atom. The first-order valence-electron chi connectivity index (χ1n) is 14.8. The number of anilines is 4. The van der Waals surface area contributed by atoms with Crippen molar-refractivity contribution < 1.29 is 0 Å². The number of hydrogen-bond acceptors (Lipinski definition) is 4. The summed E-state index contributed by atoms with van der Waals surface area (Å²) in [4.78, 5) is 14.9. The van der Waals surface area contributed by atoms with E-state index in [9.17, 15) is 0 Å². The lowest BCUT2D eigenvalue weighted by Gasteiger charge is -2.44. The SMILES string of the molecule is Cc1cc(C)cc(N2c3nccnc3N3c4cc(-c5c(C(C)C)cccc5C(C)C)ccc4C4(C)CC4(C)C23)c1. The summed E-state index contributed by atoms with van der Waals surface area (Å²) in [5.74, 6) is 2.80. The monoisotopic (exact) mass is 528 g/mol. The van der Waals surface area contributed by atoms with E-state index in [0.717, 1.165) is 18.1 Å². The zero-order chi connectivity index (χ0) is 28.1. The van der Waals surface area contributed by atoms with E-state index in [1.807, 2.05) is 12.4 Å².